The fraction of sp³-hybridized carbons (Fsp3) is 0.350. The fourth-order valence-corrected chi connectivity index (χ4v) is 2.29. The second-order valence-electron chi connectivity index (χ2n) is 6.92. The SMILES string of the molecule is Cc1ccc(CO)cc1NC(=O)COc1ccc(C(C)(C)C)cc1. The van der Waals surface area contributed by atoms with Crippen molar-refractivity contribution in [3.63, 3.8) is 0 Å². The van der Waals surface area contributed by atoms with E-state index >= 15 is 0 Å². The summed E-state index contributed by atoms with van der Waals surface area (Å²) in [6, 6.07) is 13.3. The number of ether oxygens (including phenoxy) is 1. The van der Waals surface area contributed by atoms with Gasteiger partial charge in [0.2, 0.25) is 0 Å². The highest BCUT2D eigenvalue weighted by Crippen LogP contribution is 2.24. The van der Waals surface area contributed by atoms with Crippen LogP contribution in [0.15, 0.2) is 42.5 Å². The highest BCUT2D eigenvalue weighted by molar-refractivity contribution is 5.92. The highest BCUT2D eigenvalue weighted by atomic mass is 16.5. The molecule has 0 unspecified atom stereocenters. The van der Waals surface area contributed by atoms with Crippen molar-refractivity contribution in [2.45, 2.75) is 39.7 Å². The minimum atomic E-state index is -0.229. The Labute approximate surface area is 143 Å². The van der Waals surface area contributed by atoms with Crippen LogP contribution in [-0.2, 0) is 16.8 Å². The Balaban J connectivity index is 1.94. The van der Waals surface area contributed by atoms with Crippen LogP contribution in [0.25, 0.3) is 0 Å². The molecule has 0 aliphatic heterocycles. The monoisotopic (exact) mass is 327 g/mol. The average Bonchev–Trinajstić information content (AvgIpc) is 2.54. The van der Waals surface area contributed by atoms with Crippen LogP contribution in [0, 0.1) is 6.92 Å². The molecule has 2 N–H and O–H groups in total. The van der Waals surface area contributed by atoms with Gasteiger partial charge in [-0.3, -0.25) is 4.79 Å². The summed E-state index contributed by atoms with van der Waals surface area (Å²) >= 11 is 0. The van der Waals surface area contributed by atoms with Gasteiger partial charge in [0.1, 0.15) is 5.75 Å². The van der Waals surface area contributed by atoms with Crippen LogP contribution < -0.4 is 10.1 Å². The van der Waals surface area contributed by atoms with Crippen molar-refractivity contribution in [2.75, 3.05) is 11.9 Å². The van der Waals surface area contributed by atoms with E-state index in [1.54, 1.807) is 6.07 Å². The maximum absolute atomic E-state index is 12.1. The van der Waals surface area contributed by atoms with Gasteiger partial charge in [-0.15, -0.1) is 0 Å². The van der Waals surface area contributed by atoms with E-state index in [4.69, 9.17) is 4.74 Å². The van der Waals surface area contributed by atoms with Gasteiger partial charge in [0.05, 0.1) is 6.61 Å². The van der Waals surface area contributed by atoms with E-state index in [-0.39, 0.29) is 24.5 Å². The van der Waals surface area contributed by atoms with Crippen LogP contribution in [0.3, 0.4) is 0 Å². The zero-order valence-corrected chi connectivity index (χ0v) is 14.7. The van der Waals surface area contributed by atoms with Crippen LogP contribution in [0.1, 0.15) is 37.5 Å². The van der Waals surface area contributed by atoms with E-state index in [0.717, 1.165) is 11.1 Å². The lowest BCUT2D eigenvalue weighted by atomic mass is 9.87. The topological polar surface area (TPSA) is 58.6 Å². The van der Waals surface area contributed by atoms with E-state index in [2.05, 4.69) is 26.1 Å². The van der Waals surface area contributed by atoms with E-state index in [1.165, 1.54) is 5.56 Å². The van der Waals surface area contributed by atoms with Gasteiger partial charge in [0.15, 0.2) is 6.61 Å². The van der Waals surface area contributed by atoms with E-state index in [1.807, 2.05) is 43.3 Å². The Morgan fingerprint density at radius 2 is 1.79 bits per heavy atom. The molecule has 0 aliphatic carbocycles. The lowest BCUT2D eigenvalue weighted by molar-refractivity contribution is -0.118. The summed E-state index contributed by atoms with van der Waals surface area (Å²) in [6.45, 7) is 8.25. The van der Waals surface area contributed by atoms with Gasteiger partial charge in [0.25, 0.3) is 5.91 Å². The molecule has 0 atom stereocenters. The number of carbonyl (C=O) groups excluding carboxylic acids is 1. The molecule has 24 heavy (non-hydrogen) atoms. The third-order valence-electron chi connectivity index (χ3n) is 3.85. The maximum Gasteiger partial charge on any atom is 0.262 e. The molecule has 0 bridgehead atoms. The van der Waals surface area contributed by atoms with Crippen molar-refractivity contribution in [1.29, 1.82) is 0 Å². The van der Waals surface area contributed by atoms with Crippen molar-refractivity contribution in [1.82, 2.24) is 0 Å². The van der Waals surface area contributed by atoms with Gasteiger partial charge in [-0.25, -0.2) is 0 Å². The van der Waals surface area contributed by atoms with Gasteiger partial charge < -0.3 is 15.2 Å². The summed E-state index contributed by atoms with van der Waals surface area (Å²) in [5.74, 6) is 0.437. The van der Waals surface area contributed by atoms with Crippen LogP contribution >= 0.6 is 0 Å². The molecule has 0 aliphatic rings. The number of aliphatic hydroxyl groups is 1. The number of benzene rings is 2. The summed E-state index contributed by atoms with van der Waals surface area (Å²) in [7, 11) is 0. The second-order valence-corrected chi connectivity index (χ2v) is 6.92. The molecule has 4 nitrogen and oxygen atoms in total. The van der Waals surface area contributed by atoms with Crippen molar-refractivity contribution >= 4 is 11.6 Å². The second kappa shape index (κ2) is 7.49. The van der Waals surface area contributed by atoms with E-state index in [9.17, 15) is 9.90 Å². The molecule has 0 heterocycles. The van der Waals surface area contributed by atoms with Gasteiger partial charge in [-0.05, 0) is 47.2 Å². The lowest BCUT2D eigenvalue weighted by Gasteiger charge is -2.19. The van der Waals surface area contributed by atoms with Crippen LogP contribution in [0.4, 0.5) is 5.69 Å². The minimum absolute atomic E-state index is 0.0558. The van der Waals surface area contributed by atoms with Gasteiger partial charge in [-0.1, -0.05) is 45.0 Å². The predicted octanol–water partition coefficient (Wildman–Crippen LogP) is 3.80. The maximum atomic E-state index is 12.1. The third kappa shape index (κ3) is 4.83. The predicted molar refractivity (Wildman–Crippen MR) is 96.4 cm³/mol. The van der Waals surface area contributed by atoms with Crippen molar-refractivity contribution in [3.05, 3.63) is 59.2 Å². The van der Waals surface area contributed by atoms with Crippen molar-refractivity contribution in [2.24, 2.45) is 0 Å². The number of carbonyl (C=O) groups is 1. The number of nitrogens with one attached hydrogen (secondary N) is 1. The first kappa shape index (κ1) is 18.0. The molecule has 128 valence electrons. The number of amides is 1. The molecular formula is C20H25NO3. The molecular weight excluding hydrogens is 302 g/mol. The average molecular weight is 327 g/mol. The summed E-state index contributed by atoms with van der Waals surface area (Å²) in [5.41, 5.74) is 3.70. The fourth-order valence-electron chi connectivity index (χ4n) is 2.29. The molecule has 0 saturated carbocycles. The van der Waals surface area contributed by atoms with E-state index in [0.29, 0.717) is 11.4 Å². The van der Waals surface area contributed by atoms with E-state index < -0.39 is 0 Å². The summed E-state index contributed by atoms with van der Waals surface area (Å²) < 4.78 is 5.54. The molecule has 1 amide bonds. The smallest absolute Gasteiger partial charge is 0.262 e. The Morgan fingerprint density at radius 3 is 2.38 bits per heavy atom. The number of aliphatic hydroxyl groups excluding tert-OH is 1. The third-order valence-corrected chi connectivity index (χ3v) is 3.85. The Bertz CT molecular complexity index is 700. The first-order valence-corrected chi connectivity index (χ1v) is 8.03. The van der Waals surface area contributed by atoms with Crippen LogP contribution in [0.5, 0.6) is 5.75 Å². The number of rotatable bonds is 5. The van der Waals surface area contributed by atoms with Crippen molar-refractivity contribution in [3.8, 4) is 5.75 Å². The molecule has 2 aromatic carbocycles. The summed E-state index contributed by atoms with van der Waals surface area (Å²) in [6.07, 6.45) is 0. The molecule has 0 radical (unpaired) electrons. The first-order chi connectivity index (χ1) is 11.3. The molecule has 2 aromatic rings. The van der Waals surface area contributed by atoms with Crippen LogP contribution in [0.2, 0.25) is 0 Å². The molecule has 0 aromatic heterocycles. The van der Waals surface area contributed by atoms with Gasteiger partial charge in [0, 0.05) is 5.69 Å². The molecule has 4 heteroatoms. The quantitative estimate of drug-likeness (QED) is 0.878. The summed E-state index contributed by atoms with van der Waals surface area (Å²) in [5, 5.41) is 12.0. The normalized spacial score (nSPS) is 11.2. The number of hydrogen-bond donors (Lipinski definition) is 2. The summed E-state index contributed by atoms with van der Waals surface area (Å²) in [4.78, 5) is 12.1. The first-order valence-electron chi connectivity index (χ1n) is 8.03. The minimum Gasteiger partial charge on any atom is -0.484 e. The van der Waals surface area contributed by atoms with Crippen LogP contribution in [-0.4, -0.2) is 17.6 Å². The number of anilines is 1. The number of hydrogen-bond acceptors (Lipinski definition) is 3. The Kier molecular flexibility index (Phi) is 5.62. The largest absolute Gasteiger partial charge is 0.484 e. The molecule has 0 fully saturated rings. The standard InChI is InChI=1S/C20H25NO3/c1-14-5-6-15(12-22)11-18(14)21-19(23)13-24-17-9-7-16(8-10-17)20(2,3)4/h5-11,22H,12-13H2,1-4H3,(H,21,23). The zero-order valence-electron chi connectivity index (χ0n) is 14.7. The Hall–Kier alpha value is -2.33. The molecule has 0 spiro atoms. The highest BCUT2D eigenvalue weighted by Gasteiger charge is 2.13. The Morgan fingerprint density at radius 1 is 1.12 bits per heavy atom. The molecule has 2 rings (SSSR count). The van der Waals surface area contributed by atoms with Gasteiger partial charge >= 0.3 is 0 Å². The lowest BCUT2D eigenvalue weighted by Crippen LogP contribution is -2.20. The number of aryl methyl sites for hydroxylation is 1. The molecule has 0 saturated heterocycles. The van der Waals surface area contributed by atoms with Gasteiger partial charge in [-0.2, -0.15) is 0 Å². The zero-order chi connectivity index (χ0) is 17.7. The van der Waals surface area contributed by atoms with Crippen molar-refractivity contribution < 1.29 is 14.6 Å².